The molecule has 2 aromatic heterocycles. The molecule has 4 rings (SSSR count). The number of nitrogens with one attached hydrogen (secondary N) is 1. The molecule has 0 saturated carbocycles. The fourth-order valence-corrected chi connectivity index (χ4v) is 4.75. The van der Waals surface area contributed by atoms with Crippen molar-refractivity contribution in [3.63, 3.8) is 0 Å². The summed E-state index contributed by atoms with van der Waals surface area (Å²) in [5.74, 6) is 3.02. The van der Waals surface area contributed by atoms with Gasteiger partial charge in [-0.15, -0.1) is 24.0 Å². The third-order valence-electron chi connectivity index (χ3n) is 5.61. The minimum absolute atomic E-state index is 0. The van der Waals surface area contributed by atoms with Gasteiger partial charge in [0, 0.05) is 63.8 Å². The topological polar surface area (TPSA) is 74.5 Å². The average molecular weight is 569 g/mol. The van der Waals surface area contributed by atoms with E-state index in [0.717, 1.165) is 86.9 Å². The van der Waals surface area contributed by atoms with Crippen LogP contribution < -0.4 is 10.2 Å². The van der Waals surface area contributed by atoms with Gasteiger partial charge >= 0.3 is 0 Å². The summed E-state index contributed by atoms with van der Waals surface area (Å²) in [6.07, 6.45) is 1.88. The number of fused-ring (bicyclic) bond motifs is 1. The van der Waals surface area contributed by atoms with E-state index in [9.17, 15) is 0 Å². The summed E-state index contributed by atoms with van der Waals surface area (Å²) in [5, 5.41) is 4.51. The van der Waals surface area contributed by atoms with Crippen LogP contribution in [0.4, 0.5) is 5.13 Å². The number of rotatable bonds is 7. The van der Waals surface area contributed by atoms with Crippen LogP contribution in [0.15, 0.2) is 29.3 Å². The number of hydrogen-bond donors (Lipinski definition) is 1. The summed E-state index contributed by atoms with van der Waals surface area (Å²) in [5.41, 5.74) is 2.27. The molecule has 0 unspecified atom stereocenters. The van der Waals surface area contributed by atoms with Gasteiger partial charge in [0.1, 0.15) is 11.6 Å². The summed E-state index contributed by atoms with van der Waals surface area (Å²) in [6, 6.07) is 8.33. The normalized spacial score (nSPS) is 14.7. The minimum Gasteiger partial charge on any atom is -0.357 e. The number of nitrogens with zero attached hydrogens (tertiary/aromatic N) is 7. The number of aliphatic imine (C=N–C) groups is 1. The summed E-state index contributed by atoms with van der Waals surface area (Å²) in [4.78, 5) is 18.9. The molecule has 1 aromatic carbocycles. The molecule has 0 amide bonds. The Morgan fingerprint density at radius 2 is 1.91 bits per heavy atom. The Balaban J connectivity index is 0.00000289. The monoisotopic (exact) mass is 568 g/mol. The number of piperazine rings is 1. The van der Waals surface area contributed by atoms with Crippen molar-refractivity contribution in [2.75, 3.05) is 44.2 Å². The fourth-order valence-electron chi connectivity index (χ4n) is 3.94. The number of imidazole rings is 1. The molecular formula is C22H33IN8S. The molecule has 8 nitrogen and oxygen atoms in total. The molecule has 0 atom stereocenters. The molecule has 0 aliphatic carbocycles. The lowest BCUT2D eigenvalue weighted by molar-refractivity contribution is 0.372. The number of anilines is 1. The van der Waals surface area contributed by atoms with Crippen LogP contribution in [0.2, 0.25) is 0 Å². The van der Waals surface area contributed by atoms with Gasteiger partial charge in [-0.2, -0.15) is 4.37 Å². The first-order valence-corrected chi connectivity index (χ1v) is 12.0. The molecule has 0 bridgehead atoms. The number of guanidine groups is 1. The van der Waals surface area contributed by atoms with Gasteiger partial charge in [-0.3, -0.25) is 4.99 Å². The maximum atomic E-state index is 4.92. The first-order valence-electron chi connectivity index (χ1n) is 11.2. The Kier molecular flexibility index (Phi) is 9.09. The molecular weight excluding hydrogens is 535 g/mol. The second-order valence-corrected chi connectivity index (χ2v) is 8.44. The fraction of sp³-hybridized carbons (Fsp3) is 0.545. The van der Waals surface area contributed by atoms with Gasteiger partial charge in [0.25, 0.3) is 0 Å². The van der Waals surface area contributed by atoms with Crippen molar-refractivity contribution in [2.45, 2.75) is 40.2 Å². The SMILES string of the molecule is CCNC(=NCCCn1c(C)nc2ccccc21)N1CCN(c2nc(CC)ns2)CC1.I. The van der Waals surface area contributed by atoms with E-state index >= 15 is 0 Å². The Hall–Kier alpha value is -1.95. The van der Waals surface area contributed by atoms with E-state index in [4.69, 9.17) is 4.99 Å². The predicted octanol–water partition coefficient (Wildman–Crippen LogP) is 3.55. The molecule has 0 spiro atoms. The zero-order chi connectivity index (χ0) is 21.6. The summed E-state index contributed by atoms with van der Waals surface area (Å²) in [6.45, 7) is 12.7. The minimum atomic E-state index is 0. The highest BCUT2D eigenvalue weighted by molar-refractivity contribution is 14.0. The van der Waals surface area contributed by atoms with Gasteiger partial charge in [-0.25, -0.2) is 9.97 Å². The quantitative estimate of drug-likeness (QED) is 0.204. The maximum absolute atomic E-state index is 4.92. The second kappa shape index (κ2) is 11.8. The number of hydrogen-bond acceptors (Lipinski definition) is 6. The lowest BCUT2D eigenvalue weighted by Crippen LogP contribution is -2.52. The Labute approximate surface area is 211 Å². The van der Waals surface area contributed by atoms with Crippen LogP contribution in [0.5, 0.6) is 0 Å². The molecule has 3 aromatic rings. The van der Waals surface area contributed by atoms with Gasteiger partial charge in [0.15, 0.2) is 5.96 Å². The van der Waals surface area contributed by atoms with Gasteiger partial charge in [-0.05, 0) is 32.4 Å². The lowest BCUT2D eigenvalue weighted by atomic mass is 10.3. The average Bonchev–Trinajstić information content (AvgIpc) is 3.40. The highest BCUT2D eigenvalue weighted by Gasteiger charge is 2.22. The second-order valence-electron chi connectivity index (χ2n) is 7.71. The van der Waals surface area contributed by atoms with E-state index in [1.807, 2.05) is 6.07 Å². The van der Waals surface area contributed by atoms with Crippen LogP contribution in [-0.2, 0) is 13.0 Å². The molecule has 1 saturated heterocycles. The number of para-hydroxylation sites is 2. The van der Waals surface area contributed by atoms with E-state index in [1.165, 1.54) is 17.0 Å². The lowest BCUT2D eigenvalue weighted by Gasteiger charge is -2.36. The number of halogens is 1. The summed E-state index contributed by atoms with van der Waals surface area (Å²) in [7, 11) is 0. The van der Waals surface area contributed by atoms with Crippen LogP contribution in [0, 0.1) is 6.92 Å². The van der Waals surface area contributed by atoms with E-state index < -0.39 is 0 Å². The third-order valence-corrected chi connectivity index (χ3v) is 6.42. The third kappa shape index (κ3) is 5.69. The van der Waals surface area contributed by atoms with Crippen molar-refractivity contribution >= 4 is 57.6 Å². The van der Waals surface area contributed by atoms with Gasteiger partial charge < -0.3 is 19.7 Å². The molecule has 3 heterocycles. The molecule has 1 aliphatic heterocycles. The molecule has 1 N–H and O–H groups in total. The van der Waals surface area contributed by atoms with Gasteiger partial charge in [-0.1, -0.05) is 19.1 Å². The predicted molar refractivity (Wildman–Crippen MR) is 144 cm³/mol. The first-order chi connectivity index (χ1) is 15.2. The van der Waals surface area contributed by atoms with Gasteiger partial charge in [0.05, 0.1) is 11.0 Å². The molecule has 10 heteroatoms. The molecule has 1 fully saturated rings. The highest BCUT2D eigenvalue weighted by Crippen LogP contribution is 2.19. The smallest absolute Gasteiger partial charge is 0.205 e. The molecule has 0 radical (unpaired) electrons. The molecule has 174 valence electrons. The Morgan fingerprint density at radius 3 is 2.62 bits per heavy atom. The standard InChI is InChI=1S/C22H32N8S.HI/c1-4-20-26-22(31-27-20)29-15-13-28(14-16-29)21(23-5-2)24-11-8-12-30-17(3)25-18-9-6-7-10-19(18)30;/h6-7,9-10H,4-5,8,11-16H2,1-3H3,(H,23,24);1H. The number of aryl methyl sites for hydroxylation is 3. The van der Waals surface area contributed by atoms with Gasteiger partial charge in [0.2, 0.25) is 5.13 Å². The van der Waals surface area contributed by atoms with Crippen molar-refractivity contribution in [3.05, 3.63) is 35.9 Å². The zero-order valence-electron chi connectivity index (χ0n) is 19.1. The van der Waals surface area contributed by atoms with Crippen molar-refractivity contribution in [3.8, 4) is 0 Å². The number of benzene rings is 1. The first kappa shape index (κ1) is 24.7. The zero-order valence-corrected chi connectivity index (χ0v) is 22.3. The Morgan fingerprint density at radius 1 is 1.12 bits per heavy atom. The van der Waals surface area contributed by atoms with E-state index in [-0.39, 0.29) is 24.0 Å². The van der Waals surface area contributed by atoms with Crippen molar-refractivity contribution in [1.82, 2.24) is 29.1 Å². The Bertz CT molecular complexity index is 1020. The van der Waals surface area contributed by atoms with Crippen LogP contribution in [-0.4, -0.2) is 69.0 Å². The number of aromatic nitrogens is 4. The van der Waals surface area contributed by atoms with Crippen molar-refractivity contribution in [2.24, 2.45) is 4.99 Å². The van der Waals surface area contributed by atoms with Crippen LogP contribution in [0.3, 0.4) is 0 Å². The van der Waals surface area contributed by atoms with Crippen molar-refractivity contribution < 1.29 is 0 Å². The largest absolute Gasteiger partial charge is 0.357 e. The van der Waals surface area contributed by atoms with E-state index in [0.29, 0.717) is 0 Å². The summed E-state index contributed by atoms with van der Waals surface area (Å²) < 4.78 is 6.72. The van der Waals surface area contributed by atoms with Crippen LogP contribution >= 0.6 is 35.5 Å². The molecule has 1 aliphatic rings. The highest BCUT2D eigenvalue weighted by atomic mass is 127. The maximum Gasteiger partial charge on any atom is 0.205 e. The van der Waals surface area contributed by atoms with E-state index in [2.05, 4.69) is 73.0 Å². The molecule has 32 heavy (non-hydrogen) atoms. The summed E-state index contributed by atoms with van der Waals surface area (Å²) >= 11 is 1.51. The van der Waals surface area contributed by atoms with Crippen molar-refractivity contribution in [1.29, 1.82) is 0 Å². The van der Waals surface area contributed by atoms with E-state index in [1.54, 1.807) is 0 Å². The van der Waals surface area contributed by atoms with Crippen LogP contribution in [0.1, 0.15) is 31.9 Å². The van der Waals surface area contributed by atoms with Crippen LogP contribution in [0.25, 0.3) is 11.0 Å².